The first-order valence-corrected chi connectivity index (χ1v) is 8.87. The molecule has 2 unspecified atom stereocenters. The van der Waals surface area contributed by atoms with E-state index in [1.807, 2.05) is 6.92 Å². The van der Waals surface area contributed by atoms with Crippen molar-refractivity contribution in [1.82, 2.24) is 10.2 Å². The third-order valence-corrected chi connectivity index (χ3v) is 5.02. The molecular weight excluding hydrogens is 322 g/mol. The van der Waals surface area contributed by atoms with Gasteiger partial charge in [0.2, 0.25) is 0 Å². The Morgan fingerprint density at radius 1 is 1.43 bits per heavy atom. The van der Waals surface area contributed by atoms with Gasteiger partial charge in [-0.1, -0.05) is 20.3 Å². The van der Waals surface area contributed by atoms with E-state index in [0.29, 0.717) is 6.42 Å². The molecule has 2 aliphatic heterocycles. The van der Waals surface area contributed by atoms with Crippen LogP contribution in [0.15, 0.2) is 28.3 Å². The van der Waals surface area contributed by atoms with Gasteiger partial charge in [0.1, 0.15) is 11.9 Å². The van der Waals surface area contributed by atoms with Gasteiger partial charge < -0.3 is 15.3 Å². The number of carboxylic acid groups (broad SMARTS) is 1. The third-order valence-electron chi connectivity index (χ3n) is 3.85. The summed E-state index contributed by atoms with van der Waals surface area (Å²) in [5.41, 5.74) is 0.262. The largest absolute Gasteiger partial charge is 0.480 e. The highest BCUT2D eigenvalue weighted by molar-refractivity contribution is 7.90. The van der Waals surface area contributed by atoms with Crippen LogP contribution in [0.25, 0.3) is 0 Å². The number of amidine groups is 1. The molecule has 0 saturated carbocycles. The molecule has 0 radical (unpaired) electrons. The number of hydrogen-bond donors (Lipinski definition) is 2. The Kier molecular flexibility index (Phi) is 4.88. The van der Waals surface area contributed by atoms with Gasteiger partial charge in [0.05, 0.1) is 11.3 Å². The molecule has 8 nitrogen and oxygen atoms in total. The minimum absolute atomic E-state index is 0.125. The van der Waals surface area contributed by atoms with Gasteiger partial charge in [0.25, 0.3) is 15.9 Å². The zero-order valence-electron chi connectivity index (χ0n) is 12.9. The first-order chi connectivity index (χ1) is 10.7. The van der Waals surface area contributed by atoms with Crippen LogP contribution in [0.1, 0.15) is 20.3 Å². The van der Waals surface area contributed by atoms with Crippen LogP contribution in [0.5, 0.6) is 0 Å². The monoisotopic (exact) mass is 341 g/mol. The zero-order valence-corrected chi connectivity index (χ0v) is 13.7. The molecule has 0 aromatic heterocycles. The van der Waals surface area contributed by atoms with Crippen molar-refractivity contribution in [3.63, 3.8) is 0 Å². The Labute approximate surface area is 134 Å². The fraction of sp³-hybridized carbons (Fsp3) is 0.500. The highest BCUT2D eigenvalue weighted by atomic mass is 32.2. The van der Waals surface area contributed by atoms with Crippen molar-refractivity contribution in [2.75, 3.05) is 12.3 Å². The predicted octanol–water partition coefficient (Wildman–Crippen LogP) is 0.0995. The summed E-state index contributed by atoms with van der Waals surface area (Å²) in [6.07, 6.45) is 4.97. The number of amides is 1. The molecule has 0 fully saturated rings. The lowest BCUT2D eigenvalue weighted by Crippen LogP contribution is -2.46. The van der Waals surface area contributed by atoms with Crippen molar-refractivity contribution in [2.24, 2.45) is 10.3 Å². The number of rotatable bonds is 5. The quantitative estimate of drug-likeness (QED) is 0.732. The smallest absolute Gasteiger partial charge is 0.326 e. The van der Waals surface area contributed by atoms with Crippen molar-refractivity contribution >= 4 is 27.7 Å². The lowest BCUT2D eigenvalue weighted by atomic mass is 9.99. The molecule has 0 aromatic carbocycles. The van der Waals surface area contributed by atoms with Gasteiger partial charge in [-0.05, 0) is 18.1 Å². The van der Waals surface area contributed by atoms with Crippen LogP contribution in [-0.2, 0) is 19.6 Å². The van der Waals surface area contributed by atoms with Crippen molar-refractivity contribution < 1.29 is 23.1 Å². The summed E-state index contributed by atoms with van der Waals surface area (Å²) in [7, 11) is -3.45. The maximum absolute atomic E-state index is 12.3. The Balaban J connectivity index is 2.15. The van der Waals surface area contributed by atoms with E-state index in [1.165, 1.54) is 18.4 Å². The molecule has 9 heteroatoms. The minimum Gasteiger partial charge on any atom is -0.480 e. The van der Waals surface area contributed by atoms with Gasteiger partial charge in [-0.15, -0.1) is 4.40 Å². The van der Waals surface area contributed by atoms with Crippen LogP contribution in [0.4, 0.5) is 0 Å². The van der Waals surface area contributed by atoms with Crippen LogP contribution >= 0.6 is 0 Å². The highest BCUT2D eigenvalue weighted by Gasteiger charge is 2.28. The van der Waals surface area contributed by atoms with Gasteiger partial charge >= 0.3 is 5.97 Å². The van der Waals surface area contributed by atoms with E-state index in [4.69, 9.17) is 0 Å². The van der Waals surface area contributed by atoms with E-state index < -0.39 is 27.9 Å². The fourth-order valence-corrected chi connectivity index (χ4v) is 3.21. The summed E-state index contributed by atoms with van der Waals surface area (Å²) in [5.74, 6) is -1.67. The zero-order chi connectivity index (χ0) is 17.2. The molecule has 0 aromatic rings. The molecule has 2 aliphatic rings. The topological polar surface area (TPSA) is 116 Å². The number of carbonyl (C=O) groups is 2. The molecule has 2 N–H and O–H groups in total. The van der Waals surface area contributed by atoms with E-state index in [0.717, 1.165) is 0 Å². The first-order valence-electron chi connectivity index (χ1n) is 7.26. The van der Waals surface area contributed by atoms with Crippen LogP contribution in [0.2, 0.25) is 0 Å². The second kappa shape index (κ2) is 6.53. The molecule has 2 rings (SSSR count). The summed E-state index contributed by atoms with van der Waals surface area (Å²) in [6.45, 7) is 3.81. The van der Waals surface area contributed by atoms with Crippen molar-refractivity contribution in [3.05, 3.63) is 23.9 Å². The molecule has 0 spiro atoms. The maximum atomic E-state index is 12.3. The summed E-state index contributed by atoms with van der Waals surface area (Å²) < 4.78 is 26.5. The van der Waals surface area contributed by atoms with Gasteiger partial charge in [0, 0.05) is 12.7 Å². The Bertz CT molecular complexity index is 708. The average Bonchev–Trinajstić information content (AvgIpc) is 2.50. The first kappa shape index (κ1) is 17.2. The number of sulfonamides is 1. The van der Waals surface area contributed by atoms with E-state index in [-0.39, 0.29) is 29.6 Å². The number of fused-ring (bicyclic) bond motifs is 1. The second-order valence-electron chi connectivity index (χ2n) is 5.52. The molecule has 23 heavy (non-hydrogen) atoms. The molecule has 2 atom stereocenters. The fourth-order valence-electron chi connectivity index (χ4n) is 2.24. The van der Waals surface area contributed by atoms with Gasteiger partial charge in [-0.2, -0.15) is 0 Å². The SMILES string of the molecule is CCC(C)C(NC(=O)C1=CN2CCS(=O)(=O)N=C2C=C1)C(=O)O. The Morgan fingerprint density at radius 2 is 2.13 bits per heavy atom. The van der Waals surface area contributed by atoms with E-state index >= 15 is 0 Å². The molecule has 126 valence electrons. The summed E-state index contributed by atoms with van der Waals surface area (Å²) >= 11 is 0. The number of nitrogens with zero attached hydrogens (tertiary/aromatic N) is 2. The number of aliphatic carboxylic acids is 1. The van der Waals surface area contributed by atoms with E-state index in [9.17, 15) is 23.1 Å². The number of nitrogens with one attached hydrogen (secondary N) is 1. The van der Waals surface area contributed by atoms with E-state index in [2.05, 4.69) is 9.71 Å². The summed E-state index contributed by atoms with van der Waals surface area (Å²) in [6, 6.07) is -0.974. The summed E-state index contributed by atoms with van der Waals surface area (Å²) in [4.78, 5) is 25.1. The Hall–Kier alpha value is -2.16. The van der Waals surface area contributed by atoms with Crippen LogP contribution < -0.4 is 5.32 Å². The van der Waals surface area contributed by atoms with Gasteiger partial charge in [0.15, 0.2) is 0 Å². The summed E-state index contributed by atoms with van der Waals surface area (Å²) in [5, 5.41) is 11.7. The molecule has 0 bridgehead atoms. The molecule has 2 heterocycles. The number of carboxylic acids is 1. The number of hydrogen-bond acceptors (Lipinski definition) is 5. The van der Waals surface area contributed by atoms with Crippen LogP contribution in [0.3, 0.4) is 0 Å². The number of carbonyl (C=O) groups excluding carboxylic acids is 1. The standard InChI is InChI=1S/C14H19N3O5S/c1-3-9(2)12(14(19)20)15-13(18)10-4-5-11-16-23(21,22)7-6-17(11)8-10/h4-5,8-9,12H,3,6-7H2,1-2H3,(H,15,18)(H,19,20). The molecular formula is C14H19N3O5S. The average molecular weight is 341 g/mol. The lowest BCUT2D eigenvalue weighted by Gasteiger charge is -2.27. The minimum atomic E-state index is -3.45. The predicted molar refractivity (Wildman–Crippen MR) is 84.2 cm³/mol. The highest BCUT2D eigenvalue weighted by Crippen LogP contribution is 2.16. The third kappa shape index (κ3) is 3.98. The van der Waals surface area contributed by atoms with Crippen LogP contribution in [-0.4, -0.2) is 54.5 Å². The van der Waals surface area contributed by atoms with Crippen molar-refractivity contribution in [2.45, 2.75) is 26.3 Å². The van der Waals surface area contributed by atoms with Crippen molar-refractivity contribution in [1.29, 1.82) is 0 Å². The maximum Gasteiger partial charge on any atom is 0.326 e. The normalized spacial score (nSPS) is 21.6. The van der Waals surface area contributed by atoms with E-state index in [1.54, 1.807) is 11.8 Å². The second-order valence-corrected chi connectivity index (χ2v) is 7.28. The van der Waals surface area contributed by atoms with Gasteiger partial charge in [-0.25, -0.2) is 13.2 Å². The van der Waals surface area contributed by atoms with Crippen LogP contribution in [0, 0.1) is 5.92 Å². The van der Waals surface area contributed by atoms with Crippen molar-refractivity contribution in [3.8, 4) is 0 Å². The molecule has 0 saturated heterocycles. The molecule has 1 amide bonds. The Morgan fingerprint density at radius 3 is 2.74 bits per heavy atom. The van der Waals surface area contributed by atoms with Gasteiger partial charge in [-0.3, -0.25) is 4.79 Å². The lowest BCUT2D eigenvalue weighted by molar-refractivity contribution is -0.142. The molecule has 0 aliphatic carbocycles.